The number of nitrogen functional groups attached to an aromatic ring is 1. The van der Waals surface area contributed by atoms with Crippen molar-refractivity contribution >= 4 is 11.7 Å². The summed E-state index contributed by atoms with van der Waals surface area (Å²) in [6.07, 6.45) is 1.92. The molecule has 1 saturated heterocycles. The van der Waals surface area contributed by atoms with E-state index in [1.165, 1.54) is 5.56 Å². The van der Waals surface area contributed by atoms with Crippen molar-refractivity contribution in [1.29, 1.82) is 0 Å². The molecule has 1 aromatic heterocycles. The van der Waals surface area contributed by atoms with Gasteiger partial charge in [0, 0.05) is 29.8 Å². The Balaban J connectivity index is 1.47. The number of likely N-dealkylation sites (tertiary alicyclic amines) is 1. The number of hydrogen-bond donors (Lipinski definition) is 2. The molecule has 0 aliphatic carbocycles. The summed E-state index contributed by atoms with van der Waals surface area (Å²) in [7, 11) is 0. The Labute approximate surface area is 187 Å². The van der Waals surface area contributed by atoms with Crippen LogP contribution >= 0.6 is 0 Å². The fourth-order valence-electron chi connectivity index (χ4n) is 4.86. The number of amides is 1. The number of halogens is 1. The largest absolute Gasteiger partial charge is 0.383 e. The van der Waals surface area contributed by atoms with Crippen LogP contribution in [0.1, 0.15) is 40.7 Å². The normalized spacial score (nSPS) is 18.4. The molecule has 1 fully saturated rings. The summed E-state index contributed by atoms with van der Waals surface area (Å²) in [5, 5.41) is 2.85. The van der Waals surface area contributed by atoms with Crippen LogP contribution in [0.25, 0.3) is 22.3 Å². The minimum absolute atomic E-state index is 0.0619. The summed E-state index contributed by atoms with van der Waals surface area (Å²) in [4.78, 5) is 18.5. The number of fused-ring (bicyclic) bond motifs is 1. The van der Waals surface area contributed by atoms with Gasteiger partial charge in [0.15, 0.2) is 0 Å². The molecule has 3 heterocycles. The van der Waals surface area contributed by atoms with Gasteiger partial charge < -0.3 is 16.0 Å². The van der Waals surface area contributed by atoms with Crippen LogP contribution < -0.4 is 11.1 Å². The van der Waals surface area contributed by atoms with Crippen molar-refractivity contribution in [2.45, 2.75) is 25.7 Å². The molecule has 0 radical (unpaired) electrons. The third-order valence-corrected chi connectivity index (χ3v) is 6.76. The van der Waals surface area contributed by atoms with E-state index >= 15 is 0 Å². The standard InChI is InChI=1S/C26H27FN4O/c1-2-31-12-10-20(15-31)16-3-5-17(6-4-16)22-14-23(25(28)30-24(22)27)18-7-8-21-19(13-18)9-11-29-26(21)32/h3-8,13-14,20H,2,9-12,15H2,1H3,(H2,28,30)(H,29,32)/t20-/m0/s1. The first-order chi connectivity index (χ1) is 15.5. The number of carbonyl (C=O) groups is 1. The highest BCUT2D eigenvalue weighted by atomic mass is 19.1. The summed E-state index contributed by atoms with van der Waals surface area (Å²) in [6, 6.07) is 15.5. The van der Waals surface area contributed by atoms with Crippen molar-refractivity contribution in [3.05, 3.63) is 71.2 Å². The highest BCUT2D eigenvalue weighted by Crippen LogP contribution is 2.34. The second-order valence-electron chi connectivity index (χ2n) is 8.64. The minimum atomic E-state index is -0.575. The molecule has 2 aliphatic rings. The molecule has 3 N–H and O–H groups in total. The second-order valence-corrected chi connectivity index (χ2v) is 8.64. The van der Waals surface area contributed by atoms with Crippen molar-refractivity contribution in [2.24, 2.45) is 0 Å². The van der Waals surface area contributed by atoms with Crippen LogP contribution in [-0.2, 0) is 6.42 Å². The van der Waals surface area contributed by atoms with E-state index in [4.69, 9.17) is 5.73 Å². The van der Waals surface area contributed by atoms with Gasteiger partial charge in [0.25, 0.3) is 5.91 Å². The lowest BCUT2D eigenvalue weighted by Gasteiger charge is -2.18. The first-order valence-electron chi connectivity index (χ1n) is 11.2. The summed E-state index contributed by atoms with van der Waals surface area (Å²) < 4.78 is 14.8. The number of nitrogens with zero attached hydrogens (tertiary/aromatic N) is 2. The van der Waals surface area contributed by atoms with Crippen LogP contribution in [0.5, 0.6) is 0 Å². The number of rotatable bonds is 4. The number of nitrogens with one attached hydrogen (secondary N) is 1. The van der Waals surface area contributed by atoms with Crippen molar-refractivity contribution in [1.82, 2.24) is 15.2 Å². The Morgan fingerprint density at radius 3 is 2.62 bits per heavy atom. The van der Waals surface area contributed by atoms with Gasteiger partial charge in [-0.2, -0.15) is 4.39 Å². The molecule has 5 nitrogen and oxygen atoms in total. The van der Waals surface area contributed by atoms with Gasteiger partial charge in [-0.25, -0.2) is 4.98 Å². The van der Waals surface area contributed by atoms with Crippen LogP contribution in [0.2, 0.25) is 0 Å². The lowest BCUT2D eigenvalue weighted by Crippen LogP contribution is -2.31. The fourth-order valence-corrected chi connectivity index (χ4v) is 4.86. The zero-order valence-corrected chi connectivity index (χ0v) is 18.2. The molecule has 164 valence electrons. The summed E-state index contributed by atoms with van der Waals surface area (Å²) >= 11 is 0. The molecule has 5 rings (SSSR count). The molecule has 0 unspecified atom stereocenters. The summed E-state index contributed by atoms with van der Waals surface area (Å²) in [5.74, 6) is 0.0396. The monoisotopic (exact) mass is 430 g/mol. The maximum absolute atomic E-state index is 14.8. The lowest BCUT2D eigenvalue weighted by atomic mass is 9.93. The summed E-state index contributed by atoms with van der Waals surface area (Å²) in [5.41, 5.74) is 11.8. The number of carbonyl (C=O) groups excluding carboxylic acids is 1. The van der Waals surface area contributed by atoms with Crippen LogP contribution in [0.15, 0.2) is 48.5 Å². The second kappa shape index (κ2) is 8.36. The Bertz CT molecular complexity index is 1180. The molecule has 0 bridgehead atoms. The predicted octanol–water partition coefficient (Wildman–Crippen LogP) is 4.23. The van der Waals surface area contributed by atoms with E-state index in [2.05, 4.69) is 34.3 Å². The quantitative estimate of drug-likeness (QED) is 0.608. The van der Waals surface area contributed by atoms with Crippen molar-refractivity contribution < 1.29 is 9.18 Å². The fraction of sp³-hybridized carbons (Fsp3) is 0.308. The average molecular weight is 431 g/mol. The molecule has 0 saturated carbocycles. The van der Waals surface area contributed by atoms with E-state index in [-0.39, 0.29) is 11.7 Å². The number of anilines is 1. The maximum Gasteiger partial charge on any atom is 0.251 e. The highest BCUT2D eigenvalue weighted by Gasteiger charge is 2.23. The molecule has 1 atom stereocenters. The minimum Gasteiger partial charge on any atom is -0.383 e. The summed E-state index contributed by atoms with van der Waals surface area (Å²) in [6.45, 7) is 6.09. The van der Waals surface area contributed by atoms with Gasteiger partial charge in [0.05, 0.1) is 0 Å². The highest BCUT2D eigenvalue weighted by molar-refractivity contribution is 5.97. The average Bonchev–Trinajstić information content (AvgIpc) is 3.29. The maximum atomic E-state index is 14.8. The van der Waals surface area contributed by atoms with E-state index < -0.39 is 5.95 Å². The molecular weight excluding hydrogens is 403 g/mol. The Morgan fingerprint density at radius 2 is 1.88 bits per heavy atom. The zero-order chi connectivity index (χ0) is 22.2. The topological polar surface area (TPSA) is 71.2 Å². The molecule has 3 aromatic rings. The molecular formula is C26H27FN4O. The predicted molar refractivity (Wildman–Crippen MR) is 125 cm³/mol. The number of pyridine rings is 1. The Hall–Kier alpha value is -3.25. The number of likely N-dealkylation sites (N-methyl/N-ethyl adjacent to an activating group) is 1. The van der Waals surface area contributed by atoms with Crippen LogP contribution in [-0.4, -0.2) is 42.0 Å². The number of nitrogens with two attached hydrogens (primary N) is 1. The third-order valence-electron chi connectivity index (χ3n) is 6.76. The van der Waals surface area contributed by atoms with Crippen molar-refractivity contribution in [3.8, 4) is 22.3 Å². The van der Waals surface area contributed by atoms with Crippen LogP contribution in [0.4, 0.5) is 10.2 Å². The first kappa shape index (κ1) is 20.6. The van der Waals surface area contributed by atoms with E-state index in [1.54, 1.807) is 12.1 Å². The van der Waals surface area contributed by atoms with E-state index in [9.17, 15) is 9.18 Å². The van der Waals surface area contributed by atoms with Gasteiger partial charge in [-0.3, -0.25) is 4.79 Å². The Kier molecular flexibility index (Phi) is 5.39. The molecule has 6 heteroatoms. The SMILES string of the molecule is CCN1CC[C@H](c2ccc(-c3cc(-c4ccc5c(c4)CCNC5=O)c(N)nc3F)cc2)C1. The zero-order valence-electron chi connectivity index (χ0n) is 18.2. The molecule has 2 aliphatic heterocycles. The molecule has 1 amide bonds. The van der Waals surface area contributed by atoms with E-state index in [0.717, 1.165) is 49.2 Å². The van der Waals surface area contributed by atoms with Gasteiger partial charge in [-0.1, -0.05) is 43.3 Å². The first-order valence-corrected chi connectivity index (χ1v) is 11.2. The van der Waals surface area contributed by atoms with Gasteiger partial charge in [0.1, 0.15) is 5.82 Å². The lowest BCUT2D eigenvalue weighted by molar-refractivity contribution is 0.0946. The number of benzene rings is 2. The molecule has 32 heavy (non-hydrogen) atoms. The molecule has 2 aromatic carbocycles. The van der Waals surface area contributed by atoms with E-state index in [1.807, 2.05) is 24.3 Å². The van der Waals surface area contributed by atoms with Gasteiger partial charge in [-0.15, -0.1) is 0 Å². The van der Waals surface area contributed by atoms with Gasteiger partial charge in [-0.05, 0) is 66.2 Å². The van der Waals surface area contributed by atoms with E-state index in [0.29, 0.717) is 29.2 Å². The third kappa shape index (κ3) is 3.75. The van der Waals surface area contributed by atoms with Crippen LogP contribution in [0, 0.1) is 5.95 Å². The Morgan fingerprint density at radius 1 is 1.09 bits per heavy atom. The number of aromatic nitrogens is 1. The van der Waals surface area contributed by atoms with Crippen molar-refractivity contribution in [3.63, 3.8) is 0 Å². The smallest absolute Gasteiger partial charge is 0.251 e. The molecule has 0 spiro atoms. The number of hydrogen-bond acceptors (Lipinski definition) is 4. The van der Waals surface area contributed by atoms with Crippen molar-refractivity contribution in [2.75, 3.05) is 31.9 Å². The van der Waals surface area contributed by atoms with Crippen LogP contribution in [0.3, 0.4) is 0 Å². The van der Waals surface area contributed by atoms with Gasteiger partial charge >= 0.3 is 0 Å². The van der Waals surface area contributed by atoms with Gasteiger partial charge in [0.2, 0.25) is 5.95 Å².